The van der Waals surface area contributed by atoms with Gasteiger partial charge in [0.25, 0.3) is 5.91 Å². The average Bonchev–Trinajstić information content (AvgIpc) is 3.24. The van der Waals surface area contributed by atoms with Crippen LogP contribution in [-0.4, -0.2) is 37.8 Å². The molecule has 0 aromatic heterocycles. The third kappa shape index (κ3) is 2.78. The highest BCUT2D eigenvalue weighted by Gasteiger charge is 2.56. The molecule has 144 valence electrons. The second-order valence-corrected chi connectivity index (χ2v) is 6.97. The number of nitrogens with zero attached hydrogens (tertiary/aromatic N) is 2. The molecule has 1 saturated heterocycles. The predicted molar refractivity (Wildman–Crippen MR) is 103 cm³/mol. The predicted octanol–water partition coefficient (Wildman–Crippen LogP) is 3.30. The first-order valence-corrected chi connectivity index (χ1v) is 9.01. The second kappa shape index (κ2) is 7.00. The van der Waals surface area contributed by atoms with E-state index in [-0.39, 0.29) is 5.02 Å². The Hall–Kier alpha value is -2.77. The molecule has 9 heteroatoms. The fourth-order valence-corrected chi connectivity index (χ4v) is 3.58. The molecular weight excluding hydrogens is 407 g/mol. The standard InChI is InChI=1S/C19H14Cl2N2O5/c1-26-13-6-3-9(7-14(13)27-2)16-15-17(28-22-16)19(25)23(18(15)24)10-4-5-11(20)12(21)8-10/h3-8,15,17H,1-2H3/t15-,17+/m0/s1. The third-order valence-electron chi connectivity index (χ3n) is 4.65. The van der Waals surface area contributed by atoms with Crippen LogP contribution in [0.3, 0.4) is 0 Å². The Labute approximate surface area is 170 Å². The van der Waals surface area contributed by atoms with Crippen molar-refractivity contribution in [2.24, 2.45) is 11.1 Å². The number of hydrogen-bond donors (Lipinski definition) is 0. The lowest BCUT2D eigenvalue weighted by molar-refractivity contribution is -0.126. The van der Waals surface area contributed by atoms with Gasteiger partial charge in [0.15, 0.2) is 11.5 Å². The van der Waals surface area contributed by atoms with Crippen molar-refractivity contribution in [2.45, 2.75) is 6.10 Å². The summed E-state index contributed by atoms with van der Waals surface area (Å²) in [5.41, 5.74) is 1.28. The minimum Gasteiger partial charge on any atom is -0.493 e. The molecule has 0 spiro atoms. The highest BCUT2D eigenvalue weighted by atomic mass is 35.5. The number of methoxy groups -OCH3 is 2. The van der Waals surface area contributed by atoms with Gasteiger partial charge < -0.3 is 14.3 Å². The normalized spacial score (nSPS) is 20.7. The Morgan fingerprint density at radius 2 is 1.71 bits per heavy atom. The smallest absolute Gasteiger partial charge is 0.278 e. The summed E-state index contributed by atoms with van der Waals surface area (Å²) in [6.45, 7) is 0. The number of oxime groups is 1. The number of carbonyl (C=O) groups is 2. The molecule has 7 nitrogen and oxygen atoms in total. The van der Waals surface area contributed by atoms with Gasteiger partial charge in [-0.25, -0.2) is 4.90 Å². The third-order valence-corrected chi connectivity index (χ3v) is 5.39. The van der Waals surface area contributed by atoms with E-state index in [1.807, 2.05) is 0 Å². The van der Waals surface area contributed by atoms with Gasteiger partial charge >= 0.3 is 0 Å². The number of benzene rings is 2. The topological polar surface area (TPSA) is 77.4 Å². The number of imide groups is 1. The molecule has 1 fully saturated rings. The van der Waals surface area contributed by atoms with E-state index in [9.17, 15) is 9.59 Å². The highest BCUT2D eigenvalue weighted by molar-refractivity contribution is 6.42. The lowest BCUT2D eigenvalue weighted by Gasteiger charge is -2.16. The van der Waals surface area contributed by atoms with Crippen LogP contribution in [0.2, 0.25) is 10.0 Å². The number of hydrogen-bond acceptors (Lipinski definition) is 6. The van der Waals surface area contributed by atoms with Crippen LogP contribution in [0.5, 0.6) is 11.5 Å². The molecule has 0 radical (unpaired) electrons. The minimum absolute atomic E-state index is 0.242. The van der Waals surface area contributed by atoms with Gasteiger partial charge in [0.2, 0.25) is 12.0 Å². The van der Waals surface area contributed by atoms with Gasteiger partial charge in [-0.15, -0.1) is 0 Å². The highest BCUT2D eigenvalue weighted by Crippen LogP contribution is 2.38. The Balaban J connectivity index is 1.70. The van der Waals surface area contributed by atoms with Crippen LogP contribution in [0.25, 0.3) is 0 Å². The van der Waals surface area contributed by atoms with Gasteiger partial charge in [-0.3, -0.25) is 9.59 Å². The maximum atomic E-state index is 13.1. The molecule has 0 saturated carbocycles. The lowest BCUT2D eigenvalue weighted by Crippen LogP contribution is -2.33. The van der Waals surface area contributed by atoms with E-state index in [2.05, 4.69) is 5.16 Å². The van der Waals surface area contributed by atoms with E-state index in [4.69, 9.17) is 37.5 Å². The Kier molecular flexibility index (Phi) is 4.64. The first-order chi connectivity index (χ1) is 13.5. The first-order valence-electron chi connectivity index (χ1n) is 8.25. The van der Waals surface area contributed by atoms with Crippen molar-refractivity contribution in [1.29, 1.82) is 0 Å². The van der Waals surface area contributed by atoms with Crippen molar-refractivity contribution in [3.63, 3.8) is 0 Å². The zero-order chi connectivity index (χ0) is 20.0. The summed E-state index contributed by atoms with van der Waals surface area (Å²) in [6, 6.07) is 9.65. The fraction of sp³-hybridized carbons (Fsp3) is 0.211. The van der Waals surface area contributed by atoms with Crippen LogP contribution in [0.4, 0.5) is 5.69 Å². The van der Waals surface area contributed by atoms with Gasteiger partial charge in [-0.2, -0.15) is 0 Å². The second-order valence-electron chi connectivity index (χ2n) is 6.16. The van der Waals surface area contributed by atoms with Crippen molar-refractivity contribution in [3.05, 3.63) is 52.0 Å². The average molecular weight is 421 g/mol. The molecular formula is C19H14Cl2N2O5. The molecule has 0 bridgehead atoms. The molecule has 2 atom stereocenters. The summed E-state index contributed by atoms with van der Waals surface area (Å²) in [5, 5.41) is 4.56. The number of rotatable bonds is 4. The molecule has 2 aromatic carbocycles. The molecule has 0 aliphatic carbocycles. The van der Waals surface area contributed by atoms with Crippen molar-refractivity contribution in [3.8, 4) is 11.5 Å². The SMILES string of the molecule is COc1ccc(C2=NO[C@H]3C(=O)N(c4ccc(Cl)c(Cl)c4)C(=O)[C@@H]23)cc1OC. The van der Waals surface area contributed by atoms with E-state index in [1.165, 1.54) is 26.4 Å². The fourth-order valence-electron chi connectivity index (χ4n) is 3.29. The number of halogens is 2. The minimum atomic E-state index is -1.02. The number of amides is 2. The summed E-state index contributed by atoms with van der Waals surface area (Å²) in [4.78, 5) is 32.2. The van der Waals surface area contributed by atoms with Crippen molar-refractivity contribution in [1.82, 2.24) is 0 Å². The Morgan fingerprint density at radius 3 is 2.39 bits per heavy atom. The Bertz CT molecular complexity index is 1020. The van der Waals surface area contributed by atoms with Crippen LogP contribution in [0.15, 0.2) is 41.6 Å². The largest absolute Gasteiger partial charge is 0.493 e. The van der Waals surface area contributed by atoms with E-state index in [0.717, 1.165) is 4.90 Å². The number of anilines is 1. The van der Waals surface area contributed by atoms with Crippen LogP contribution >= 0.6 is 23.2 Å². The maximum absolute atomic E-state index is 13.1. The number of fused-ring (bicyclic) bond motifs is 1. The molecule has 2 heterocycles. The van der Waals surface area contributed by atoms with Crippen LogP contribution in [0.1, 0.15) is 5.56 Å². The summed E-state index contributed by atoms with van der Waals surface area (Å²) >= 11 is 12.0. The molecule has 2 aromatic rings. The van der Waals surface area contributed by atoms with Gasteiger partial charge in [-0.1, -0.05) is 28.4 Å². The lowest BCUT2D eigenvalue weighted by atomic mass is 9.94. The first kappa shape index (κ1) is 18.6. The molecule has 2 aliphatic heterocycles. The quantitative estimate of drug-likeness (QED) is 0.709. The van der Waals surface area contributed by atoms with Crippen LogP contribution in [-0.2, 0) is 14.4 Å². The summed E-state index contributed by atoms with van der Waals surface area (Å²) in [7, 11) is 3.03. The van der Waals surface area contributed by atoms with E-state index < -0.39 is 23.8 Å². The van der Waals surface area contributed by atoms with Crippen LogP contribution < -0.4 is 14.4 Å². The van der Waals surface area contributed by atoms with Crippen molar-refractivity contribution < 1.29 is 23.9 Å². The summed E-state index contributed by atoms with van der Waals surface area (Å²) in [5.74, 6) is -0.801. The van der Waals surface area contributed by atoms with Gasteiger partial charge in [-0.05, 0) is 36.4 Å². The Morgan fingerprint density at radius 1 is 0.964 bits per heavy atom. The molecule has 0 N–H and O–H groups in total. The molecule has 2 amide bonds. The zero-order valence-corrected chi connectivity index (χ0v) is 16.3. The van der Waals surface area contributed by atoms with E-state index in [1.54, 1.807) is 24.3 Å². The van der Waals surface area contributed by atoms with Crippen molar-refractivity contribution >= 4 is 46.4 Å². The molecule has 0 unspecified atom stereocenters. The van der Waals surface area contributed by atoms with Gasteiger partial charge in [0.05, 0.1) is 30.0 Å². The summed E-state index contributed by atoms with van der Waals surface area (Å²) < 4.78 is 10.5. The van der Waals surface area contributed by atoms with Crippen LogP contribution in [0, 0.1) is 5.92 Å². The zero-order valence-electron chi connectivity index (χ0n) is 14.8. The maximum Gasteiger partial charge on any atom is 0.278 e. The molecule has 4 rings (SSSR count). The number of carbonyl (C=O) groups excluding carboxylic acids is 2. The van der Waals surface area contributed by atoms with Gasteiger partial charge in [0.1, 0.15) is 11.6 Å². The van der Waals surface area contributed by atoms with E-state index in [0.29, 0.717) is 33.5 Å². The van der Waals surface area contributed by atoms with Gasteiger partial charge in [0, 0.05) is 5.56 Å². The summed E-state index contributed by atoms with van der Waals surface area (Å²) in [6.07, 6.45) is -1.02. The monoisotopic (exact) mass is 420 g/mol. The van der Waals surface area contributed by atoms with E-state index >= 15 is 0 Å². The number of ether oxygens (including phenoxy) is 2. The van der Waals surface area contributed by atoms with Crippen molar-refractivity contribution in [2.75, 3.05) is 19.1 Å². The molecule has 28 heavy (non-hydrogen) atoms. The molecule has 2 aliphatic rings.